The number of aromatic nitrogens is 4. The smallest absolute Gasteiger partial charge is 0.333 e. The standard InChI is InChI=1S/C14H19F2N5O/c1-5-20-10(4)12(9(3)19-20)8(2)18-13(22)11-6-7-17-21(11)14(15)16/h6-8,14H,5H2,1-4H3,(H,18,22)/t8-/m0/s1. The number of aryl methyl sites for hydroxylation is 2. The number of nitrogens with zero attached hydrogens (tertiary/aromatic N) is 4. The number of alkyl halides is 2. The molecule has 0 aliphatic heterocycles. The molecule has 0 bridgehead atoms. The molecule has 1 atom stereocenters. The minimum absolute atomic E-state index is 0.167. The number of hydrogen-bond donors (Lipinski definition) is 1. The van der Waals surface area contributed by atoms with Gasteiger partial charge in [-0.05, 0) is 33.8 Å². The third kappa shape index (κ3) is 2.86. The van der Waals surface area contributed by atoms with Crippen LogP contribution in [0.3, 0.4) is 0 Å². The van der Waals surface area contributed by atoms with Gasteiger partial charge < -0.3 is 5.32 Å². The highest BCUT2D eigenvalue weighted by atomic mass is 19.3. The number of hydrogen-bond acceptors (Lipinski definition) is 3. The van der Waals surface area contributed by atoms with Crippen molar-refractivity contribution in [2.75, 3.05) is 0 Å². The fourth-order valence-electron chi connectivity index (χ4n) is 2.64. The summed E-state index contributed by atoms with van der Waals surface area (Å²) in [7, 11) is 0. The summed E-state index contributed by atoms with van der Waals surface area (Å²) in [5.74, 6) is -0.589. The third-order valence-corrected chi connectivity index (χ3v) is 3.61. The molecule has 0 fully saturated rings. The Morgan fingerprint density at radius 3 is 2.64 bits per heavy atom. The summed E-state index contributed by atoms with van der Waals surface area (Å²) >= 11 is 0. The zero-order chi connectivity index (χ0) is 16.4. The van der Waals surface area contributed by atoms with Gasteiger partial charge in [0, 0.05) is 24.0 Å². The van der Waals surface area contributed by atoms with Crippen molar-refractivity contribution >= 4 is 5.91 Å². The molecule has 0 saturated heterocycles. The van der Waals surface area contributed by atoms with Gasteiger partial charge in [0.2, 0.25) is 0 Å². The molecule has 2 aromatic rings. The molecule has 22 heavy (non-hydrogen) atoms. The van der Waals surface area contributed by atoms with Gasteiger partial charge >= 0.3 is 6.55 Å². The van der Waals surface area contributed by atoms with Crippen LogP contribution in [0.4, 0.5) is 8.78 Å². The molecule has 2 heterocycles. The molecule has 2 rings (SSSR count). The van der Waals surface area contributed by atoms with Crippen LogP contribution >= 0.6 is 0 Å². The van der Waals surface area contributed by atoms with Gasteiger partial charge in [-0.2, -0.15) is 23.7 Å². The van der Waals surface area contributed by atoms with E-state index in [2.05, 4.69) is 15.5 Å². The van der Waals surface area contributed by atoms with Crippen LogP contribution in [0.15, 0.2) is 12.3 Å². The summed E-state index contributed by atoms with van der Waals surface area (Å²) in [4.78, 5) is 12.2. The van der Waals surface area contributed by atoms with Gasteiger partial charge in [0.05, 0.1) is 11.7 Å². The normalized spacial score (nSPS) is 12.7. The van der Waals surface area contributed by atoms with E-state index in [0.29, 0.717) is 4.68 Å². The molecule has 2 aromatic heterocycles. The van der Waals surface area contributed by atoms with E-state index in [1.807, 2.05) is 25.5 Å². The van der Waals surface area contributed by atoms with E-state index in [9.17, 15) is 13.6 Å². The lowest BCUT2D eigenvalue weighted by Crippen LogP contribution is -2.29. The van der Waals surface area contributed by atoms with Crippen LogP contribution in [0.5, 0.6) is 0 Å². The first kappa shape index (κ1) is 16.1. The first-order valence-electron chi connectivity index (χ1n) is 7.03. The Balaban J connectivity index is 2.22. The molecular weight excluding hydrogens is 292 g/mol. The fraction of sp³-hybridized carbons (Fsp3) is 0.500. The number of nitrogens with one attached hydrogen (secondary N) is 1. The van der Waals surface area contributed by atoms with Crippen molar-refractivity contribution in [3.63, 3.8) is 0 Å². The van der Waals surface area contributed by atoms with Gasteiger partial charge in [-0.25, -0.2) is 0 Å². The van der Waals surface area contributed by atoms with Crippen LogP contribution in [0.1, 0.15) is 53.9 Å². The monoisotopic (exact) mass is 311 g/mol. The van der Waals surface area contributed by atoms with Crippen LogP contribution in [0, 0.1) is 13.8 Å². The average Bonchev–Trinajstić information content (AvgIpc) is 3.03. The highest BCUT2D eigenvalue weighted by molar-refractivity contribution is 5.92. The second-order valence-corrected chi connectivity index (χ2v) is 5.03. The number of rotatable bonds is 5. The van der Waals surface area contributed by atoms with Gasteiger partial charge in [-0.15, -0.1) is 0 Å². The van der Waals surface area contributed by atoms with E-state index in [1.54, 1.807) is 6.92 Å². The van der Waals surface area contributed by atoms with Crippen molar-refractivity contribution in [1.82, 2.24) is 24.9 Å². The summed E-state index contributed by atoms with van der Waals surface area (Å²) in [6.45, 7) is 5.44. The van der Waals surface area contributed by atoms with Crippen molar-refractivity contribution in [3.8, 4) is 0 Å². The zero-order valence-electron chi connectivity index (χ0n) is 13.0. The van der Waals surface area contributed by atoms with Crippen molar-refractivity contribution in [3.05, 3.63) is 34.9 Å². The average molecular weight is 311 g/mol. The molecule has 0 spiro atoms. The molecule has 0 aromatic carbocycles. The summed E-state index contributed by atoms with van der Waals surface area (Å²) in [5, 5.41) is 10.6. The Hall–Kier alpha value is -2.25. The molecule has 1 amide bonds. The van der Waals surface area contributed by atoms with Crippen molar-refractivity contribution in [2.45, 2.75) is 46.8 Å². The lowest BCUT2D eigenvalue weighted by Gasteiger charge is -2.15. The van der Waals surface area contributed by atoms with Crippen LogP contribution in [-0.4, -0.2) is 25.5 Å². The molecule has 0 aliphatic rings. The fourth-order valence-corrected chi connectivity index (χ4v) is 2.64. The summed E-state index contributed by atoms with van der Waals surface area (Å²) < 4.78 is 27.8. The molecule has 0 aliphatic carbocycles. The maximum absolute atomic E-state index is 12.8. The van der Waals surface area contributed by atoms with Crippen LogP contribution in [0.2, 0.25) is 0 Å². The molecule has 120 valence electrons. The molecule has 0 radical (unpaired) electrons. The third-order valence-electron chi connectivity index (χ3n) is 3.61. The predicted molar refractivity (Wildman–Crippen MR) is 76.7 cm³/mol. The van der Waals surface area contributed by atoms with Crippen molar-refractivity contribution < 1.29 is 13.6 Å². The Morgan fingerprint density at radius 1 is 1.41 bits per heavy atom. The molecule has 0 unspecified atom stereocenters. The minimum atomic E-state index is -2.85. The van der Waals surface area contributed by atoms with Crippen LogP contribution in [-0.2, 0) is 6.54 Å². The quantitative estimate of drug-likeness (QED) is 0.923. The van der Waals surface area contributed by atoms with Crippen LogP contribution in [0.25, 0.3) is 0 Å². The number of carbonyl (C=O) groups excluding carboxylic acids is 1. The predicted octanol–water partition coefficient (Wildman–Crippen LogP) is 2.60. The maximum atomic E-state index is 12.8. The largest absolute Gasteiger partial charge is 0.344 e. The van der Waals surface area contributed by atoms with E-state index in [4.69, 9.17) is 0 Å². The highest BCUT2D eigenvalue weighted by Gasteiger charge is 2.22. The Morgan fingerprint density at radius 2 is 2.09 bits per heavy atom. The summed E-state index contributed by atoms with van der Waals surface area (Å²) in [5.41, 5.74) is 2.50. The highest BCUT2D eigenvalue weighted by Crippen LogP contribution is 2.22. The van der Waals surface area contributed by atoms with Crippen molar-refractivity contribution in [1.29, 1.82) is 0 Å². The lowest BCUT2D eigenvalue weighted by molar-refractivity contribution is 0.0507. The molecular formula is C14H19F2N5O. The lowest BCUT2D eigenvalue weighted by atomic mass is 10.1. The summed E-state index contributed by atoms with van der Waals surface area (Å²) in [6, 6.07) is 0.928. The summed E-state index contributed by atoms with van der Waals surface area (Å²) in [6.07, 6.45) is 1.18. The van der Waals surface area contributed by atoms with Gasteiger partial charge in [-0.3, -0.25) is 9.48 Å². The molecule has 6 nitrogen and oxygen atoms in total. The number of halogens is 2. The van der Waals surface area contributed by atoms with E-state index in [-0.39, 0.29) is 11.7 Å². The van der Waals surface area contributed by atoms with Crippen molar-refractivity contribution in [2.24, 2.45) is 0 Å². The second-order valence-electron chi connectivity index (χ2n) is 5.03. The van der Waals surface area contributed by atoms with E-state index < -0.39 is 12.5 Å². The Kier molecular flexibility index (Phi) is 4.58. The number of amides is 1. The van der Waals surface area contributed by atoms with Gasteiger partial charge in [0.1, 0.15) is 5.69 Å². The zero-order valence-corrected chi connectivity index (χ0v) is 13.0. The Bertz CT molecular complexity index is 677. The maximum Gasteiger partial charge on any atom is 0.333 e. The minimum Gasteiger partial charge on any atom is -0.344 e. The molecule has 8 heteroatoms. The molecule has 1 N–H and O–H groups in total. The first-order valence-corrected chi connectivity index (χ1v) is 7.03. The van der Waals surface area contributed by atoms with E-state index in [1.165, 1.54) is 12.3 Å². The first-order chi connectivity index (χ1) is 10.4. The van der Waals surface area contributed by atoms with Gasteiger partial charge in [0.15, 0.2) is 0 Å². The van der Waals surface area contributed by atoms with Crippen LogP contribution < -0.4 is 5.32 Å². The Labute approximate surface area is 127 Å². The van der Waals surface area contributed by atoms with Gasteiger partial charge in [0.25, 0.3) is 5.91 Å². The second kappa shape index (κ2) is 6.25. The molecule has 0 saturated carbocycles. The van der Waals surface area contributed by atoms with E-state index in [0.717, 1.165) is 23.5 Å². The number of carbonyl (C=O) groups is 1. The van der Waals surface area contributed by atoms with Gasteiger partial charge in [-0.1, -0.05) is 0 Å². The topological polar surface area (TPSA) is 64.7 Å². The SMILES string of the molecule is CCn1nc(C)c([C@H](C)NC(=O)c2ccnn2C(F)F)c1C. The van der Waals surface area contributed by atoms with E-state index >= 15 is 0 Å².